The molecule has 0 unspecified atom stereocenters. The number of thiophene rings is 1. The van der Waals surface area contributed by atoms with Gasteiger partial charge in [-0.2, -0.15) is 0 Å². The van der Waals surface area contributed by atoms with E-state index >= 15 is 0 Å². The first-order chi connectivity index (χ1) is 9.97. The third-order valence-corrected chi connectivity index (χ3v) is 5.93. The number of aryl methyl sites for hydroxylation is 2. The number of sulfonamides is 1. The van der Waals surface area contributed by atoms with E-state index in [0.717, 1.165) is 22.4 Å². The molecule has 0 aliphatic rings. The fraction of sp³-hybridized carbons (Fsp3) is 0.333. The molecule has 21 heavy (non-hydrogen) atoms. The second kappa shape index (κ2) is 6.70. The Morgan fingerprint density at radius 3 is 2.71 bits per heavy atom. The van der Waals surface area contributed by atoms with Crippen molar-refractivity contribution in [1.29, 1.82) is 0 Å². The summed E-state index contributed by atoms with van der Waals surface area (Å²) in [7, 11) is -3.52. The predicted octanol–water partition coefficient (Wildman–Crippen LogP) is 2.56. The lowest BCUT2D eigenvalue weighted by molar-refractivity contribution is 0.581. The van der Waals surface area contributed by atoms with Crippen molar-refractivity contribution in [2.24, 2.45) is 5.73 Å². The molecule has 3 N–H and O–H groups in total. The lowest BCUT2D eigenvalue weighted by atomic mass is 10.1. The Bertz CT molecular complexity index is 721. The zero-order valence-corrected chi connectivity index (χ0v) is 13.9. The van der Waals surface area contributed by atoms with Gasteiger partial charge < -0.3 is 5.73 Å². The lowest BCUT2D eigenvalue weighted by Crippen LogP contribution is -2.24. The molecule has 6 heteroatoms. The Hall–Kier alpha value is -1.21. The van der Waals surface area contributed by atoms with Gasteiger partial charge in [0.05, 0.1) is 4.90 Å². The van der Waals surface area contributed by atoms with E-state index in [1.54, 1.807) is 30.4 Å². The summed E-state index contributed by atoms with van der Waals surface area (Å²) in [5.41, 5.74) is 8.31. The predicted molar refractivity (Wildman–Crippen MR) is 86.8 cm³/mol. The molecule has 0 spiro atoms. The van der Waals surface area contributed by atoms with Crippen LogP contribution in [0.15, 0.2) is 34.5 Å². The molecular formula is C15H20N2O2S2. The van der Waals surface area contributed by atoms with Crippen LogP contribution in [0.2, 0.25) is 0 Å². The second-order valence-electron chi connectivity index (χ2n) is 4.85. The van der Waals surface area contributed by atoms with Gasteiger partial charge >= 0.3 is 0 Å². The molecule has 0 amide bonds. The van der Waals surface area contributed by atoms with Crippen molar-refractivity contribution < 1.29 is 8.42 Å². The van der Waals surface area contributed by atoms with Gasteiger partial charge in [-0.15, -0.1) is 11.3 Å². The van der Waals surface area contributed by atoms with Crippen LogP contribution in [0, 0.1) is 6.92 Å². The highest BCUT2D eigenvalue weighted by Crippen LogP contribution is 2.20. The monoisotopic (exact) mass is 324 g/mol. The first-order valence-corrected chi connectivity index (χ1v) is 9.18. The summed E-state index contributed by atoms with van der Waals surface area (Å²) in [6.45, 7) is 4.51. The van der Waals surface area contributed by atoms with E-state index < -0.39 is 10.0 Å². The summed E-state index contributed by atoms with van der Waals surface area (Å²) in [4.78, 5) is 1.37. The molecule has 2 aromatic rings. The van der Waals surface area contributed by atoms with Crippen LogP contribution in [0.1, 0.15) is 28.5 Å². The first-order valence-electron chi connectivity index (χ1n) is 6.82. The van der Waals surface area contributed by atoms with E-state index in [1.807, 2.05) is 17.5 Å². The van der Waals surface area contributed by atoms with E-state index in [-0.39, 0.29) is 0 Å². The maximum Gasteiger partial charge on any atom is 0.241 e. The highest BCUT2D eigenvalue weighted by molar-refractivity contribution is 7.89. The van der Waals surface area contributed by atoms with Crippen molar-refractivity contribution in [3.63, 3.8) is 0 Å². The van der Waals surface area contributed by atoms with Gasteiger partial charge in [0.1, 0.15) is 0 Å². The number of nitrogens with two attached hydrogens (primary N) is 1. The normalized spacial score (nSPS) is 11.8. The number of hydrogen-bond acceptors (Lipinski definition) is 4. The van der Waals surface area contributed by atoms with E-state index in [9.17, 15) is 8.42 Å². The standard InChI is InChI=1S/C15H20N2O2S2/c1-3-13-6-7-20-14(13)10-17-21(18,19)15-8-12(9-16)5-4-11(15)2/h4-8,17H,3,9-10,16H2,1-2H3. The van der Waals surface area contributed by atoms with Gasteiger partial charge in [-0.25, -0.2) is 13.1 Å². The highest BCUT2D eigenvalue weighted by Gasteiger charge is 2.17. The Labute approximate surface area is 130 Å². The van der Waals surface area contributed by atoms with Crippen LogP contribution >= 0.6 is 11.3 Å². The van der Waals surface area contributed by atoms with Crippen molar-refractivity contribution in [2.45, 2.75) is 38.3 Å². The molecule has 0 aliphatic carbocycles. The summed E-state index contributed by atoms with van der Waals surface area (Å²) in [6, 6.07) is 7.32. The van der Waals surface area contributed by atoms with Gasteiger partial charge in [0, 0.05) is 18.0 Å². The third kappa shape index (κ3) is 3.71. The zero-order valence-electron chi connectivity index (χ0n) is 12.2. The molecule has 2 rings (SSSR count). The molecule has 0 saturated heterocycles. The SMILES string of the molecule is CCc1ccsc1CNS(=O)(=O)c1cc(CN)ccc1C. The second-order valence-corrected chi connectivity index (χ2v) is 7.59. The lowest BCUT2D eigenvalue weighted by Gasteiger charge is -2.11. The molecule has 0 radical (unpaired) electrons. The molecule has 1 aromatic heterocycles. The minimum atomic E-state index is -3.52. The minimum Gasteiger partial charge on any atom is -0.326 e. The smallest absolute Gasteiger partial charge is 0.241 e. The molecule has 0 fully saturated rings. The average molecular weight is 324 g/mol. The Kier molecular flexibility index (Phi) is 5.16. The van der Waals surface area contributed by atoms with Crippen molar-refractivity contribution in [2.75, 3.05) is 0 Å². The van der Waals surface area contributed by atoms with Gasteiger partial charge in [-0.3, -0.25) is 0 Å². The van der Waals surface area contributed by atoms with Crippen LogP contribution in [0.4, 0.5) is 0 Å². The van der Waals surface area contributed by atoms with E-state index in [0.29, 0.717) is 18.0 Å². The zero-order chi connectivity index (χ0) is 15.5. The fourth-order valence-corrected chi connectivity index (χ4v) is 4.43. The van der Waals surface area contributed by atoms with Crippen LogP contribution in [-0.4, -0.2) is 8.42 Å². The fourth-order valence-electron chi connectivity index (χ4n) is 2.14. The molecule has 1 aromatic carbocycles. The van der Waals surface area contributed by atoms with E-state index in [2.05, 4.69) is 11.6 Å². The third-order valence-electron chi connectivity index (χ3n) is 3.42. The van der Waals surface area contributed by atoms with Crippen LogP contribution < -0.4 is 10.5 Å². The molecule has 4 nitrogen and oxygen atoms in total. The Morgan fingerprint density at radius 2 is 2.05 bits per heavy atom. The minimum absolute atomic E-state index is 0.306. The van der Waals surface area contributed by atoms with Gasteiger partial charge in [0.2, 0.25) is 10.0 Å². The molecule has 114 valence electrons. The number of rotatable bonds is 6. The first kappa shape index (κ1) is 16.2. The van der Waals surface area contributed by atoms with Gasteiger partial charge in [-0.1, -0.05) is 19.1 Å². The molecule has 0 bridgehead atoms. The van der Waals surface area contributed by atoms with Crippen molar-refractivity contribution in [3.05, 3.63) is 51.2 Å². The highest BCUT2D eigenvalue weighted by atomic mass is 32.2. The maximum absolute atomic E-state index is 12.5. The van der Waals surface area contributed by atoms with Crippen LogP contribution in [0.5, 0.6) is 0 Å². The maximum atomic E-state index is 12.5. The van der Waals surface area contributed by atoms with E-state index in [4.69, 9.17) is 5.73 Å². The molecular weight excluding hydrogens is 304 g/mol. The number of benzene rings is 1. The van der Waals surface area contributed by atoms with Crippen LogP contribution in [-0.2, 0) is 29.5 Å². The number of hydrogen-bond donors (Lipinski definition) is 2. The van der Waals surface area contributed by atoms with Gasteiger partial charge in [0.25, 0.3) is 0 Å². The average Bonchev–Trinajstić information content (AvgIpc) is 2.93. The Morgan fingerprint density at radius 1 is 1.29 bits per heavy atom. The van der Waals surface area contributed by atoms with Crippen molar-refractivity contribution in [1.82, 2.24) is 4.72 Å². The van der Waals surface area contributed by atoms with Gasteiger partial charge in [0.15, 0.2) is 0 Å². The summed E-state index contributed by atoms with van der Waals surface area (Å²) in [6.07, 6.45) is 0.905. The topological polar surface area (TPSA) is 72.2 Å². The quantitative estimate of drug-likeness (QED) is 0.858. The van der Waals surface area contributed by atoms with Crippen molar-refractivity contribution >= 4 is 21.4 Å². The van der Waals surface area contributed by atoms with Crippen LogP contribution in [0.25, 0.3) is 0 Å². The Balaban J connectivity index is 2.23. The molecule has 0 saturated carbocycles. The number of nitrogens with one attached hydrogen (secondary N) is 1. The summed E-state index contributed by atoms with van der Waals surface area (Å²) >= 11 is 1.57. The molecule has 0 atom stereocenters. The van der Waals surface area contributed by atoms with Gasteiger partial charge in [-0.05, 0) is 47.5 Å². The largest absolute Gasteiger partial charge is 0.326 e. The van der Waals surface area contributed by atoms with Crippen molar-refractivity contribution in [3.8, 4) is 0 Å². The summed E-state index contributed by atoms with van der Waals surface area (Å²) in [5.74, 6) is 0. The molecule has 0 aliphatic heterocycles. The summed E-state index contributed by atoms with van der Waals surface area (Å²) < 4.78 is 27.6. The molecule has 1 heterocycles. The summed E-state index contributed by atoms with van der Waals surface area (Å²) in [5, 5.41) is 1.99. The van der Waals surface area contributed by atoms with E-state index in [1.165, 1.54) is 5.56 Å². The van der Waals surface area contributed by atoms with Crippen LogP contribution in [0.3, 0.4) is 0 Å².